The van der Waals surface area contributed by atoms with Crippen molar-refractivity contribution in [2.24, 2.45) is 0 Å². The molecule has 0 aliphatic rings. The number of thiazole rings is 1. The predicted octanol–water partition coefficient (Wildman–Crippen LogP) is 2.49. The molecule has 100 valence electrons. The number of hydrogen-bond acceptors (Lipinski definition) is 5. The van der Waals surface area contributed by atoms with Crippen LogP contribution in [-0.4, -0.2) is 28.1 Å². The number of anilines is 1. The molecule has 2 aromatic rings. The van der Waals surface area contributed by atoms with Gasteiger partial charge in [-0.15, -0.1) is 11.3 Å². The number of rotatable bonds is 4. The van der Waals surface area contributed by atoms with Crippen LogP contribution in [0.2, 0.25) is 0 Å². The van der Waals surface area contributed by atoms with Crippen LogP contribution in [0.5, 0.6) is 0 Å². The van der Waals surface area contributed by atoms with Gasteiger partial charge in [0.2, 0.25) is 0 Å². The molecule has 2 rings (SSSR count). The zero-order valence-electron chi connectivity index (χ0n) is 11.0. The minimum Gasteiger partial charge on any atom is -0.478 e. The molecule has 0 fully saturated rings. The fraction of sp³-hybridized carbons (Fsp3) is 0.308. The Balaban J connectivity index is 2.22. The molecule has 0 aliphatic heterocycles. The van der Waals surface area contributed by atoms with Crippen LogP contribution >= 0.6 is 11.3 Å². The zero-order valence-corrected chi connectivity index (χ0v) is 11.9. The van der Waals surface area contributed by atoms with Crippen molar-refractivity contribution >= 4 is 23.1 Å². The summed E-state index contributed by atoms with van der Waals surface area (Å²) in [7, 11) is 1.94. The third-order valence-corrected chi connectivity index (χ3v) is 3.80. The number of pyridine rings is 1. The standard InChI is InChI=1S/C13H15N3O2S/c1-8-4-10(13(17)18)5-14-12(8)16(3)6-11-9(2)15-7-19-11/h4-5,7H,6H2,1-3H3,(H,17,18). The van der Waals surface area contributed by atoms with Crippen molar-refractivity contribution in [2.75, 3.05) is 11.9 Å². The number of hydrogen-bond donors (Lipinski definition) is 1. The van der Waals surface area contributed by atoms with E-state index in [0.29, 0.717) is 0 Å². The first-order valence-corrected chi connectivity index (χ1v) is 6.67. The quantitative estimate of drug-likeness (QED) is 0.930. The van der Waals surface area contributed by atoms with Crippen molar-refractivity contribution < 1.29 is 9.90 Å². The molecule has 0 radical (unpaired) electrons. The van der Waals surface area contributed by atoms with E-state index in [0.717, 1.165) is 23.6 Å². The molecule has 5 nitrogen and oxygen atoms in total. The summed E-state index contributed by atoms with van der Waals surface area (Å²) >= 11 is 1.61. The number of aryl methyl sites for hydroxylation is 2. The molecule has 1 N–H and O–H groups in total. The van der Waals surface area contributed by atoms with Crippen molar-refractivity contribution in [3.63, 3.8) is 0 Å². The summed E-state index contributed by atoms with van der Waals surface area (Å²) in [5.74, 6) is -0.166. The molecule has 0 saturated heterocycles. The van der Waals surface area contributed by atoms with Gasteiger partial charge in [0.15, 0.2) is 0 Å². The Hall–Kier alpha value is -1.95. The van der Waals surface area contributed by atoms with Crippen molar-refractivity contribution in [1.29, 1.82) is 0 Å². The van der Waals surface area contributed by atoms with Gasteiger partial charge < -0.3 is 10.0 Å². The summed E-state index contributed by atoms with van der Waals surface area (Å²) in [4.78, 5) is 22.5. The van der Waals surface area contributed by atoms with Crippen LogP contribution in [0.4, 0.5) is 5.82 Å². The molecule has 0 spiro atoms. The van der Waals surface area contributed by atoms with Crippen molar-refractivity contribution in [2.45, 2.75) is 20.4 Å². The van der Waals surface area contributed by atoms with Crippen LogP contribution in [0, 0.1) is 13.8 Å². The van der Waals surface area contributed by atoms with Crippen molar-refractivity contribution in [3.8, 4) is 0 Å². The van der Waals surface area contributed by atoms with Crippen molar-refractivity contribution in [1.82, 2.24) is 9.97 Å². The van der Waals surface area contributed by atoms with E-state index < -0.39 is 5.97 Å². The number of carboxylic acid groups (broad SMARTS) is 1. The van der Waals surface area contributed by atoms with E-state index in [4.69, 9.17) is 5.11 Å². The van der Waals surface area contributed by atoms with Crippen LogP contribution in [0.15, 0.2) is 17.8 Å². The Morgan fingerprint density at radius 2 is 2.16 bits per heavy atom. The second kappa shape index (κ2) is 5.36. The van der Waals surface area contributed by atoms with Gasteiger partial charge >= 0.3 is 5.97 Å². The molecular formula is C13H15N3O2S. The van der Waals surface area contributed by atoms with Crippen LogP contribution in [0.1, 0.15) is 26.5 Å². The highest BCUT2D eigenvalue weighted by molar-refractivity contribution is 7.09. The largest absolute Gasteiger partial charge is 0.478 e. The Morgan fingerprint density at radius 1 is 1.42 bits per heavy atom. The third-order valence-electron chi connectivity index (χ3n) is 2.88. The van der Waals surface area contributed by atoms with Gasteiger partial charge in [0, 0.05) is 18.1 Å². The van der Waals surface area contributed by atoms with E-state index in [-0.39, 0.29) is 5.56 Å². The minimum absolute atomic E-state index is 0.212. The van der Waals surface area contributed by atoms with E-state index in [1.165, 1.54) is 11.1 Å². The second-order valence-corrected chi connectivity index (χ2v) is 5.33. The molecular weight excluding hydrogens is 262 g/mol. The van der Waals surface area contributed by atoms with Crippen LogP contribution in [0.25, 0.3) is 0 Å². The lowest BCUT2D eigenvalue weighted by Gasteiger charge is -2.19. The first kappa shape index (κ1) is 13.5. The lowest BCUT2D eigenvalue weighted by molar-refractivity contribution is 0.0696. The van der Waals surface area contributed by atoms with Gasteiger partial charge in [0.1, 0.15) is 5.82 Å². The fourth-order valence-electron chi connectivity index (χ4n) is 1.85. The topological polar surface area (TPSA) is 66.3 Å². The summed E-state index contributed by atoms with van der Waals surface area (Å²) in [6.45, 7) is 4.56. The molecule has 0 amide bonds. The molecule has 0 bridgehead atoms. The highest BCUT2D eigenvalue weighted by Crippen LogP contribution is 2.21. The molecule has 2 aromatic heterocycles. The van der Waals surface area contributed by atoms with Gasteiger partial charge in [-0.25, -0.2) is 14.8 Å². The Kier molecular flexibility index (Phi) is 3.80. The van der Waals surface area contributed by atoms with E-state index >= 15 is 0 Å². The molecule has 0 atom stereocenters. The normalized spacial score (nSPS) is 10.5. The monoisotopic (exact) mass is 277 g/mol. The molecule has 0 unspecified atom stereocenters. The molecule has 2 heterocycles. The average Bonchev–Trinajstić information content (AvgIpc) is 2.74. The molecule has 0 aliphatic carbocycles. The summed E-state index contributed by atoms with van der Waals surface area (Å²) in [5, 5.41) is 8.92. The predicted molar refractivity (Wildman–Crippen MR) is 74.9 cm³/mol. The van der Waals surface area contributed by atoms with Gasteiger partial charge in [-0.2, -0.15) is 0 Å². The maximum atomic E-state index is 10.9. The van der Waals surface area contributed by atoms with Gasteiger partial charge in [-0.05, 0) is 25.5 Å². The second-order valence-electron chi connectivity index (χ2n) is 4.39. The minimum atomic E-state index is -0.955. The lowest BCUT2D eigenvalue weighted by Crippen LogP contribution is -2.19. The number of carboxylic acids is 1. The average molecular weight is 277 g/mol. The molecule has 19 heavy (non-hydrogen) atoms. The maximum Gasteiger partial charge on any atom is 0.337 e. The number of nitrogens with zero attached hydrogens (tertiary/aromatic N) is 3. The van der Waals surface area contributed by atoms with E-state index in [1.807, 2.05) is 31.3 Å². The highest BCUT2D eigenvalue weighted by Gasteiger charge is 2.12. The molecule has 6 heteroatoms. The van der Waals surface area contributed by atoms with E-state index in [1.54, 1.807) is 17.4 Å². The zero-order chi connectivity index (χ0) is 14.0. The van der Waals surface area contributed by atoms with E-state index in [2.05, 4.69) is 9.97 Å². The summed E-state index contributed by atoms with van der Waals surface area (Å²) in [6.07, 6.45) is 1.39. The van der Waals surface area contributed by atoms with Gasteiger partial charge in [-0.3, -0.25) is 0 Å². The fourth-order valence-corrected chi connectivity index (χ4v) is 2.68. The highest BCUT2D eigenvalue weighted by atomic mass is 32.1. The molecule has 0 saturated carbocycles. The van der Waals surface area contributed by atoms with Crippen LogP contribution < -0.4 is 4.90 Å². The number of aromatic nitrogens is 2. The Bertz CT molecular complexity index is 610. The first-order chi connectivity index (χ1) is 8.99. The Morgan fingerprint density at radius 3 is 2.68 bits per heavy atom. The third kappa shape index (κ3) is 2.90. The summed E-state index contributed by atoms with van der Waals surface area (Å²) < 4.78 is 0. The van der Waals surface area contributed by atoms with Crippen LogP contribution in [0.3, 0.4) is 0 Å². The Labute approximate surface area is 115 Å². The van der Waals surface area contributed by atoms with Crippen LogP contribution in [-0.2, 0) is 6.54 Å². The van der Waals surface area contributed by atoms with Gasteiger partial charge in [0.25, 0.3) is 0 Å². The maximum absolute atomic E-state index is 10.9. The smallest absolute Gasteiger partial charge is 0.337 e. The summed E-state index contributed by atoms with van der Waals surface area (Å²) in [6, 6.07) is 1.64. The number of aromatic carboxylic acids is 1. The van der Waals surface area contributed by atoms with Gasteiger partial charge in [0.05, 0.1) is 23.3 Å². The SMILES string of the molecule is Cc1cc(C(=O)O)cnc1N(C)Cc1scnc1C. The molecule has 0 aromatic carbocycles. The number of carbonyl (C=O) groups is 1. The van der Waals surface area contributed by atoms with Crippen molar-refractivity contribution in [3.05, 3.63) is 39.5 Å². The van der Waals surface area contributed by atoms with Gasteiger partial charge in [-0.1, -0.05) is 0 Å². The summed E-state index contributed by atoms with van der Waals surface area (Å²) in [5.41, 5.74) is 3.91. The lowest BCUT2D eigenvalue weighted by atomic mass is 10.2. The first-order valence-electron chi connectivity index (χ1n) is 5.79. The van der Waals surface area contributed by atoms with E-state index in [9.17, 15) is 4.79 Å².